The van der Waals surface area contributed by atoms with Gasteiger partial charge in [-0.3, -0.25) is 4.79 Å². The quantitative estimate of drug-likeness (QED) is 0.558. The Bertz CT molecular complexity index is 1260. The molecule has 9 heteroatoms. The van der Waals surface area contributed by atoms with Gasteiger partial charge in [-0.15, -0.1) is 4.40 Å². The first-order valence-electron chi connectivity index (χ1n) is 9.82. The van der Waals surface area contributed by atoms with Gasteiger partial charge in [0.2, 0.25) is 5.91 Å². The highest BCUT2D eigenvalue weighted by Gasteiger charge is 2.31. The molecule has 3 aromatic rings. The topological polar surface area (TPSA) is 78.8 Å². The number of para-hydroxylation sites is 1. The van der Waals surface area contributed by atoms with Gasteiger partial charge in [-0.1, -0.05) is 84.0 Å². The number of halogens is 1. The molecule has 3 aromatic carbocycles. The molecule has 0 aliphatic carbocycles. The molecule has 0 aromatic heterocycles. The number of amides is 1. The molecule has 4 rings (SSSR count). The number of fused-ring (bicyclic) bond motifs is 1. The summed E-state index contributed by atoms with van der Waals surface area (Å²) in [5.41, 5.74) is 2.35. The Labute approximate surface area is 196 Å². The second-order valence-electron chi connectivity index (χ2n) is 7.05. The Morgan fingerprint density at radius 2 is 1.66 bits per heavy atom. The van der Waals surface area contributed by atoms with E-state index in [2.05, 4.69) is 9.71 Å². The Morgan fingerprint density at radius 1 is 0.969 bits per heavy atom. The number of amidine groups is 1. The number of hydrogen-bond acceptors (Lipinski definition) is 5. The van der Waals surface area contributed by atoms with Gasteiger partial charge in [0.25, 0.3) is 10.0 Å². The summed E-state index contributed by atoms with van der Waals surface area (Å²) in [6.07, 6.45) is 0. The lowest BCUT2D eigenvalue weighted by Gasteiger charge is -2.30. The molecule has 32 heavy (non-hydrogen) atoms. The largest absolute Gasteiger partial charge is 0.351 e. The third-order valence-electron chi connectivity index (χ3n) is 4.81. The lowest BCUT2D eigenvalue weighted by molar-refractivity contribution is -0.118. The first kappa shape index (κ1) is 22.4. The first-order valence-corrected chi connectivity index (χ1v) is 12.6. The third kappa shape index (κ3) is 5.15. The standard InChI is InChI=1S/C23H20ClN3O3S2/c24-19-11-5-4-10-18(19)14-25-22(28)16-31-23-26-32(29,30)21-13-7-6-12-20(21)27(23)15-17-8-2-1-3-9-17/h1-13H,14-16H2,(H,25,28). The summed E-state index contributed by atoms with van der Waals surface area (Å²) >= 11 is 7.22. The van der Waals surface area contributed by atoms with Crippen molar-refractivity contribution < 1.29 is 13.2 Å². The van der Waals surface area contributed by atoms with Crippen molar-refractivity contribution in [2.75, 3.05) is 10.7 Å². The zero-order valence-corrected chi connectivity index (χ0v) is 19.3. The van der Waals surface area contributed by atoms with E-state index in [1.54, 1.807) is 30.3 Å². The van der Waals surface area contributed by atoms with Gasteiger partial charge >= 0.3 is 0 Å². The van der Waals surface area contributed by atoms with Crippen LogP contribution in [-0.2, 0) is 27.9 Å². The highest BCUT2D eigenvalue weighted by molar-refractivity contribution is 8.15. The van der Waals surface area contributed by atoms with Crippen molar-refractivity contribution in [2.45, 2.75) is 18.0 Å². The van der Waals surface area contributed by atoms with E-state index in [1.807, 2.05) is 53.4 Å². The number of nitrogens with one attached hydrogen (secondary N) is 1. The maximum absolute atomic E-state index is 12.7. The summed E-state index contributed by atoms with van der Waals surface area (Å²) in [6, 6.07) is 23.7. The molecule has 1 aliphatic rings. The predicted octanol–water partition coefficient (Wildman–Crippen LogP) is 4.45. The fourth-order valence-electron chi connectivity index (χ4n) is 3.24. The maximum atomic E-state index is 12.7. The van der Waals surface area contributed by atoms with Crippen LogP contribution in [-0.4, -0.2) is 25.2 Å². The van der Waals surface area contributed by atoms with E-state index in [0.29, 0.717) is 23.8 Å². The van der Waals surface area contributed by atoms with Crippen LogP contribution in [0.5, 0.6) is 0 Å². The van der Waals surface area contributed by atoms with Gasteiger partial charge in [0.1, 0.15) is 4.90 Å². The van der Waals surface area contributed by atoms with Crippen molar-refractivity contribution in [2.24, 2.45) is 4.40 Å². The average molecular weight is 486 g/mol. The van der Waals surface area contributed by atoms with E-state index < -0.39 is 10.0 Å². The Kier molecular flexibility index (Phi) is 6.83. The number of sulfonamides is 1. The minimum Gasteiger partial charge on any atom is -0.351 e. The monoisotopic (exact) mass is 485 g/mol. The Morgan fingerprint density at radius 3 is 2.44 bits per heavy atom. The maximum Gasteiger partial charge on any atom is 0.286 e. The van der Waals surface area contributed by atoms with Crippen molar-refractivity contribution in [1.82, 2.24) is 5.32 Å². The molecule has 0 saturated heterocycles. The summed E-state index contributed by atoms with van der Waals surface area (Å²) in [4.78, 5) is 14.4. The summed E-state index contributed by atoms with van der Waals surface area (Å²) in [5, 5.41) is 3.66. The van der Waals surface area contributed by atoms with Gasteiger partial charge in [-0.05, 0) is 29.3 Å². The van der Waals surface area contributed by atoms with E-state index >= 15 is 0 Å². The van der Waals surface area contributed by atoms with Crippen molar-refractivity contribution >= 4 is 50.1 Å². The summed E-state index contributed by atoms with van der Waals surface area (Å²) < 4.78 is 29.5. The number of thioether (sulfide) groups is 1. The molecule has 0 saturated carbocycles. The molecule has 1 aliphatic heterocycles. The smallest absolute Gasteiger partial charge is 0.286 e. The van der Waals surface area contributed by atoms with Crippen LogP contribution in [0.1, 0.15) is 11.1 Å². The SMILES string of the molecule is O=C(CSC1=NS(=O)(=O)c2ccccc2N1Cc1ccccc1)NCc1ccccc1Cl. The lowest BCUT2D eigenvalue weighted by Crippen LogP contribution is -2.35. The summed E-state index contributed by atoms with van der Waals surface area (Å²) in [7, 11) is -3.85. The van der Waals surface area contributed by atoms with Crippen molar-refractivity contribution in [3.63, 3.8) is 0 Å². The minimum atomic E-state index is -3.85. The van der Waals surface area contributed by atoms with Crippen LogP contribution in [0.15, 0.2) is 88.2 Å². The normalized spacial score (nSPS) is 14.4. The average Bonchev–Trinajstić information content (AvgIpc) is 2.80. The van der Waals surface area contributed by atoms with Crippen molar-refractivity contribution in [3.8, 4) is 0 Å². The number of anilines is 1. The molecule has 164 valence electrons. The number of hydrogen-bond donors (Lipinski definition) is 1. The molecule has 0 spiro atoms. The van der Waals surface area contributed by atoms with Crippen LogP contribution in [0.2, 0.25) is 5.02 Å². The minimum absolute atomic E-state index is 0.0201. The number of nitrogens with zero attached hydrogens (tertiary/aromatic N) is 2. The molecule has 0 atom stereocenters. The zero-order valence-electron chi connectivity index (χ0n) is 16.9. The van der Waals surface area contributed by atoms with Gasteiger partial charge in [0, 0.05) is 11.6 Å². The highest BCUT2D eigenvalue weighted by atomic mass is 35.5. The van der Waals surface area contributed by atoms with Gasteiger partial charge < -0.3 is 10.2 Å². The van der Waals surface area contributed by atoms with E-state index in [1.165, 1.54) is 0 Å². The fourth-order valence-corrected chi connectivity index (χ4v) is 5.73. The second kappa shape index (κ2) is 9.77. The van der Waals surface area contributed by atoms with Gasteiger partial charge in [-0.25, -0.2) is 0 Å². The molecule has 0 unspecified atom stereocenters. The van der Waals surface area contributed by atoms with Gasteiger partial charge in [0.15, 0.2) is 5.17 Å². The van der Waals surface area contributed by atoms with Crippen LogP contribution >= 0.6 is 23.4 Å². The zero-order chi connectivity index (χ0) is 22.6. The van der Waals surface area contributed by atoms with Crippen molar-refractivity contribution in [1.29, 1.82) is 0 Å². The summed E-state index contributed by atoms with van der Waals surface area (Å²) in [6.45, 7) is 0.723. The summed E-state index contributed by atoms with van der Waals surface area (Å²) in [5.74, 6) is -0.222. The second-order valence-corrected chi connectivity index (χ2v) is 9.97. The molecule has 0 radical (unpaired) electrons. The van der Waals surface area contributed by atoms with Crippen molar-refractivity contribution in [3.05, 3.63) is 95.0 Å². The van der Waals surface area contributed by atoms with Crippen LogP contribution in [0.4, 0.5) is 5.69 Å². The molecular formula is C23H20ClN3O3S2. The Balaban J connectivity index is 1.52. The molecular weight excluding hydrogens is 466 g/mol. The number of rotatable bonds is 6. The van der Waals surface area contributed by atoms with Crippen LogP contribution < -0.4 is 10.2 Å². The van der Waals surface area contributed by atoms with E-state index in [9.17, 15) is 13.2 Å². The lowest BCUT2D eigenvalue weighted by atomic mass is 10.2. The number of carbonyl (C=O) groups is 1. The molecule has 1 N–H and O–H groups in total. The fraction of sp³-hybridized carbons (Fsp3) is 0.130. The van der Waals surface area contributed by atoms with Crippen LogP contribution in [0, 0.1) is 0 Å². The molecule has 0 fully saturated rings. The molecule has 6 nitrogen and oxygen atoms in total. The van der Waals surface area contributed by atoms with Gasteiger partial charge in [-0.2, -0.15) is 8.42 Å². The molecule has 1 heterocycles. The number of benzene rings is 3. The van der Waals surface area contributed by atoms with Gasteiger partial charge in [0.05, 0.1) is 18.0 Å². The highest BCUT2D eigenvalue weighted by Crippen LogP contribution is 2.35. The molecule has 0 bridgehead atoms. The first-order chi connectivity index (χ1) is 15.4. The number of carbonyl (C=O) groups excluding carboxylic acids is 1. The van der Waals surface area contributed by atoms with E-state index in [4.69, 9.17) is 11.6 Å². The van der Waals surface area contributed by atoms with E-state index in [-0.39, 0.29) is 21.7 Å². The molecule has 1 amide bonds. The van der Waals surface area contributed by atoms with E-state index in [0.717, 1.165) is 22.9 Å². The van der Waals surface area contributed by atoms with Crippen LogP contribution in [0.3, 0.4) is 0 Å². The third-order valence-corrected chi connectivity index (χ3v) is 7.59. The predicted molar refractivity (Wildman–Crippen MR) is 129 cm³/mol. The van der Waals surface area contributed by atoms with Crippen LogP contribution in [0.25, 0.3) is 0 Å². The Hall–Kier alpha value is -2.81.